The van der Waals surface area contributed by atoms with Gasteiger partial charge in [0.1, 0.15) is 5.82 Å². The van der Waals surface area contributed by atoms with Crippen molar-refractivity contribution in [1.82, 2.24) is 14.1 Å². The predicted molar refractivity (Wildman–Crippen MR) is 247 cm³/mol. The van der Waals surface area contributed by atoms with Crippen LogP contribution in [0.3, 0.4) is 0 Å². The second-order valence-corrected chi connectivity index (χ2v) is 16.4. The van der Waals surface area contributed by atoms with Gasteiger partial charge in [-0.15, -0.1) is 35.1 Å². The van der Waals surface area contributed by atoms with E-state index in [4.69, 9.17) is 13.8 Å². The van der Waals surface area contributed by atoms with Crippen molar-refractivity contribution in [3.05, 3.63) is 200 Å². The van der Waals surface area contributed by atoms with Crippen molar-refractivity contribution in [3.8, 4) is 23.0 Å². The Hall–Kier alpha value is -6.89. The van der Waals surface area contributed by atoms with Crippen molar-refractivity contribution >= 4 is 68.0 Å². The van der Waals surface area contributed by atoms with Gasteiger partial charge in [0.05, 0.1) is 33.5 Å². The van der Waals surface area contributed by atoms with Gasteiger partial charge in [-0.05, 0) is 71.0 Å². The Kier molecular flexibility index (Phi) is 8.98. The zero-order valence-electron chi connectivity index (χ0n) is 37.2. The number of hydrogen-bond donors (Lipinski definition) is 0. The topological polar surface area (TPSA) is 42.3 Å². The molecule has 0 N–H and O–H groups in total. The van der Waals surface area contributed by atoms with Crippen LogP contribution in [0.5, 0.6) is 11.5 Å². The van der Waals surface area contributed by atoms with E-state index in [1.165, 1.54) is 10.1 Å². The number of anilines is 4. The van der Waals surface area contributed by atoms with Crippen LogP contribution < -0.4 is 24.4 Å². The number of rotatable bonds is 7. The van der Waals surface area contributed by atoms with Gasteiger partial charge in [0, 0.05) is 55.7 Å². The van der Waals surface area contributed by atoms with E-state index in [0.717, 1.165) is 55.8 Å². The zero-order chi connectivity index (χ0) is 43.7. The molecule has 0 saturated heterocycles. The molecule has 62 heavy (non-hydrogen) atoms. The third-order valence-corrected chi connectivity index (χ3v) is 11.5. The van der Waals surface area contributed by atoms with Gasteiger partial charge < -0.3 is 28.1 Å². The second kappa shape index (κ2) is 15.5. The molecular weight excluding hydrogens is 943 g/mol. The van der Waals surface area contributed by atoms with E-state index in [1.54, 1.807) is 10.6 Å². The first kappa shape index (κ1) is 35.8. The average Bonchev–Trinajstić information content (AvgIpc) is 3.98. The Bertz CT molecular complexity index is 3320. The maximum absolute atomic E-state index is 8.44. The molecule has 11 rings (SSSR count). The molecule has 0 amide bonds. The van der Waals surface area contributed by atoms with Crippen LogP contribution in [0.15, 0.2) is 176 Å². The summed E-state index contributed by atoms with van der Waals surface area (Å²) in [5, 5.41) is 2.10. The van der Waals surface area contributed by atoms with Crippen LogP contribution in [0, 0.1) is 18.5 Å². The van der Waals surface area contributed by atoms with Crippen LogP contribution in [0.2, 0.25) is 0 Å². The van der Waals surface area contributed by atoms with Gasteiger partial charge in [-0.2, -0.15) is 12.1 Å². The molecule has 0 saturated carbocycles. The minimum atomic E-state index is -2.48. The number of fused-ring (bicyclic) bond motifs is 5. The summed E-state index contributed by atoms with van der Waals surface area (Å²) in [5.41, 5.74) is 9.63. The molecule has 1 aliphatic rings. The van der Waals surface area contributed by atoms with E-state index in [0.29, 0.717) is 28.2 Å². The fraction of sp³-hybridized carbons (Fsp3) is 0.0943. The van der Waals surface area contributed by atoms with Crippen LogP contribution in [0.1, 0.15) is 30.4 Å². The Morgan fingerprint density at radius 2 is 1.29 bits per heavy atom. The van der Waals surface area contributed by atoms with E-state index in [1.807, 2.05) is 85.1 Å². The predicted octanol–water partition coefficient (Wildman–Crippen LogP) is 11.1. The molecule has 0 aliphatic carbocycles. The number of para-hydroxylation sites is 7. The van der Waals surface area contributed by atoms with Crippen molar-refractivity contribution in [2.75, 3.05) is 9.62 Å². The van der Waals surface area contributed by atoms with Crippen molar-refractivity contribution in [2.24, 2.45) is 6.98 Å². The third kappa shape index (κ3) is 6.66. The Balaban J connectivity index is 0.00000498. The molecule has 0 unspecified atom stereocenters. The normalized spacial score (nSPS) is 13.5. The first-order chi connectivity index (χ1) is 31.0. The number of aromatic nitrogens is 4. The second-order valence-electron chi connectivity index (χ2n) is 16.4. The van der Waals surface area contributed by atoms with Gasteiger partial charge in [0.25, 0.3) is 0 Å². The molecule has 0 bridgehead atoms. The van der Waals surface area contributed by atoms with E-state index in [-0.39, 0.29) is 26.5 Å². The largest absolute Gasteiger partial charge is 0.510 e. The molecule has 7 aromatic carbocycles. The molecule has 1 aliphatic heterocycles. The van der Waals surface area contributed by atoms with Crippen LogP contribution in [0.25, 0.3) is 44.3 Å². The maximum atomic E-state index is 8.44. The molecule has 4 heterocycles. The van der Waals surface area contributed by atoms with Crippen molar-refractivity contribution in [2.45, 2.75) is 26.2 Å². The van der Waals surface area contributed by atoms with E-state index >= 15 is 0 Å². The average molecular weight is 987 g/mol. The van der Waals surface area contributed by atoms with Crippen molar-refractivity contribution < 1.29 is 34.5 Å². The molecule has 304 valence electrons. The number of pyridine rings is 1. The molecule has 0 atom stereocenters. The smallest absolute Gasteiger partial charge is 0.394 e. The fourth-order valence-corrected chi connectivity index (χ4v) is 8.69. The quantitative estimate of drug-likeness (QED) is 0.0907. The number of imidazole rings is 1. The number of ether oxygens (including phenoxy) is 1. The Labute approximate surface area is 380 Å². The van der Waals surface area contributed by atoms with Gasteiger partial charge in [0.15, 0.2) is 0 Å². The van der Waals surface area contributed by atoms with Crippen LogP contribution in [-0.2, 0) is 33.5 Å². The first-order valence-corrected chi connectivity index (χ1v) is 20.4. The molecule has 10 aromatic rings. The summed E-state index contributed by atoms with van der Waals surface area (Å²) in [5.74, 6) is 1.70. The summed E-state index contributed by atoms with van der Waals surface area (Å²) >= 11 is 0. The third-order valence-electron chi connectivity index (χ3n) is 11.5. The van der Waals surface area contributed by atoms with E-state index < -0.39 is 14.0 Å². The molecule has 0 radical (unpaired) electrons. The van der Waals surface area contributed by atoms with Crippen LogP contribution >= 0.6 is 0 Å². The van der Waals surface area contributed by atoms with Crippen molar-refractivity contribution in [3.63, 3.8) is 0 Å². The van der Waals surface area contributed by atoms with Crippen LogP contribution in [-0.4, -0.2) is 21.1 Å². The van der Waals surface area contributed by atoms with E-state index in [9.17, 15) is 0 Å². The summed E-state index contributed by atoms with van der Waals surface area (Å²) in [4.78, 5) is 9.54. The Morgan fingerprint density at radius 1 is 0.645 bits per heavy atom. The van der Waals surface area contributed by atoms with Gasteiger partial charge >= 0.3 is 6.98 Å². The SMILES string of the molecule is [2H]C([2H])([2H])[n+]1[c-]n(-c2[c-]c(Oc3[c-]c4c(cc3)c3ccccc3n4-c3cc(C(C)(C)C)ccn3)cc(B3N(c4ccccc4)c4ccccc4N3c3ccccc3)c2)c2ccccc21.[Pt]. The molecule has 9 heteroatoms. The van der Waals surface area contributed by atoms with Gasteiger partial charge in [-0.3, -0.25) is 0 Å². The minimum absolute atomic E-state index is 0. The minimum Gasteiger partial charge on any atom is -0.510 e. The maximum Gasteiger partial charge on any atom is 0.394 e. The number of aryl methyl sites for hydroxylation is 1. The molecular formula is C53H41BN6OPt-2. The molecule has 3 aromatic heterocycles. The summed E-state index contributed by atoms with van der Waals surface area (Å²) in [6.07, 6.45) is 5.05. The van der Waals surface area contributed by atoms with E-state index in [2.05, 4.69) is 138 Å². The monoisotopic (exact) mass is 986 g/mol. The molecule has 0 fully saturated rings. The molecule has 0 spiro atoms. The fourth-order valence-electron chi connectivity index (χ4n) is 8.69. The zero-order valence-corrected chi connectivity index (χ0v) is 36.5. The standard InChI is InChI=1S/C53H41BN6O.Pt/c1-53(2,3)37-29-30-55-52(31-37)58-46-22-12-11-21-44(46)45-28-27-42(35-51(45)58)61-43-33-38(32-41(34-43)57-36-56(4)47-23-13-14-24-48(47)57)54-59(39-17-7-5-8-18-39)49-25-15-16-26-50(49)60(54)40-19-9-6-10-20-40;/h5-33H,1-4H3;/q-2;/i4D3;. The summed E-state index contributed by atoms with van der Waals surface area (Å²) in [6, 6.07) is 64.4. The van der Waals surface area contributed by atoms with Gasteiger partial charge in [-0.25, -0.2) is 4.98 Å². The Morgan fingerprint density at radius 3 is 1.98 bits per heavy atom. The van der Waals surface area contributed by atoms with Gasteiger partial charge in [0.2, 0.25) is 6.33 Å². The van der Waals surface area contributed by atoms with Gasteiger partial charge in [-0.1, -0.05) is 123 Å². The summed E-state index contributed by atoms with van der Waals surface area (Å²) in [6.45, 7) is 3.72. The molecule has 7 nitrogen and oxygen atoms in total. The number of hydrogen-bond acceptors (Lipinski definition) is 4. The van der Waals surface area contributed by atoms with Crippen molar-refractivity contribution in [1.29, 1.82) is 0 Å². The number of nitrogens with zero attached hydrogens (tertiary/aromatic N) is 6. The van der Waals surface area contributed by atoms with Crippen LogP contribution in [0.4, 0.5) is 22.7 Å². The first-order valence-electron chi connectivity index (χ1n) is 21.9. The summed E-state index contributed by atoms with van der Waals surface area (Å²) in [7, 11) is 0. The summed E-state index contributed by atoms with van der Waals surface area (Å²) < 4.78 is 37.4. The number of benzene rings is 7.